The zero-order valence-corrected chi connectivity index (χ0v) is 10.1. The first-order chi connectivity index (χ1) is 6.35. The fourth-order valence-corrected chi connectivity index (χ4v) is 1.65. The molecular formula is C9H9BrClNO2. The molecule has 14 heavy (non-hydrogen) atoms. The third kappa shape index (κ3) is 2.07. The van der Waals surface area contributed by atoms with Crippen molar-refractivity contribution in [2.45, 2.75) is 19.3 Å². The third-order valence-electron chi connectivity index (χ3n) is 2.01. The summed E-state index contributed by atoms with van der Waals surface area (Å²) in [7, 11) is 0. The maximum atomic E-state index is 11.0. The number of aliphatic carboxylic acids is 1. The highest BCUT2D eigenvalue weighted by Gasteiger charge is 2.32. The molecule has 0 aliphatic heterocycles. The van der Waals surface area contributed by atoms with E-state index in [2.05, 4.69) is 20.9 Å². The molecule has 0 bridgehead atoms. The second-order valence-corrected chi connectivity index (χ2v) is 4.70. The van der Waals surface area contributed by atoms with Gasteiger partial charge in [0, 0.05) is 16.2 Å². The Balaban J connectivity index is 3.31. The van der Waals surface area contributed by atoms with Gasteiger partial charge in [-0.15, -0.1) is 0 Å². The molecule has 0 unspecified atom stereocenters. The first kappa shape index (κ1) is 11.5. The molecule has 0 saturated heterocycles. The fourth-order valence-electron chi connectivity index (χ4n) is 0.976. The summed E-state index contributed by atoms with van der Waals surface area (Å²) < 4.78 is 0.714. The van der Waals surface area contributed by atoms with E-state index in [1.807, 2.05) is 0 Å². The molecule has 0 spiro atoms. The van der Waals surface area contributed by atoms with E-state index >= 15 is 0 Å². The molecule has 1 aromatic heterocycles. The summed E-state index contributed by atoms with van der Waals surface area (Å²) in [5.74, 6) is -0.931. The van der Waals surface area contributed by atoms with E-state index in [-0.39, 0.29) is 5.15 Å². The zero-order valence-electron chi connectivity index (χ0n) is 7.71. The van der Waals surface area contributed by atoms with Gasteiger partial charge in [0.2, 0.25) is 0 Å². The lowest BCUT2D eigenvalue weighted by Crippen LogP contribution is -2.29. The largest absolute Gasteiger partial charge is 0.481 e. The van der Waals surface area contributed by atoms with Gasteiger partial charge in [0.1, 0.15) is 5.15 Å². The summed E-state index contributed by atoms with van der Waals surface area (Å²) in [5, 5.41) is 9.23. The number of hydrogen-bond acceptors (Lipinski definition) is 2. The van der Waals surface area contributed by atoms with Gasteiger partial charge in [-0.05, 0) is 35.8 Å². The Labute approximate surface area is 95.2 Å². The number of hydrogen-bond donors (Lipinski definition) is 1. The van der Waals surface area contributed by atoms with Crippen LogP contribution in [0, 0.1) is 0 Å². The summed E-state index contributed by atoms with van der Waals surface area (Å²) in [4.78, 5) is 14.9. The van der Waals surface area contributed by atoms with Gasteiger partial charge < -0.3 is 5.11 Å². The summed E-state index contributed by atoms with van der Waals surface area (Å²) in [6.45, 7) is 3.18. The number of carboxylic acid groups (broad SMARTS) is 1. The molecule has 76 valence electrons. The molecule has 1 aromatic rings. The quantitative estimate of drug-likeness (QED) is 0.846. The Morgan fingerprint density at radius 2 is 2.21 bits per heavy atom. The Morgan fingerprint density at radius 1 is 1.64 bits per heavy atom. The maximum Gasteiger partial charge on any atom is 0.313 e. The summed E-state index contributed by atoms with van der Waals surface area (Å²) in [6, 6.07) is 1.67. The predicted molar refractivity (Wildman–Crippen MR) is 57.6 cm³/mol. The zero-order chi connectivity index (χ0) is 10.9. The molecule has 0 aromatic carbocycles. The highest BCUT2D eigenvalue weighted by atomic mass is 79.9. The lowest BCUT2D eigenvalue weighted by Gasteiger charge is -2.20. The molecule has 0 atom stereocenters. The van der Waals surface area contributed by atoms with Gasteiger partial charge in [0.15, 0.2) is 0 Å². The Bertz CT molecular complexity index is 379. The first-order valence-electron chi connectivity index (χ1n) is 3.90. The van der Waals surface area contributed by atoms with Crippen LogP contribution in [0.25, 0.3) is 0 Å². The second kappa shape index (κ2) is 3.87. The third-order valence-corrected chi connectivity index (χ3v) is 2.75. The van der Waals surface area contributed by atoms with Crippen LogP contribution >= 0.6 is 27.5 Å². The first-order valence-corrected chi connectivity index (χ1v) is 5.07. The topological polar surface area (TPSA) is 50.2 Å². The molecule has 0 aliphatic carbocycles. The van der Waals surface area contributed by atoms with Crippen LogP contribution in [-0.2, 0) is 10.2 Å². The Kier molecular flexibility index (Phi) is 3.17. The van der Waals surface area contributed by atoms with E-state index in [0.29, 0.717) is 10.0 Å². The molecule has 0 aliphatic rings. The molecule has 0 saturated carbocycles. The minimum atomic E-state index is -1.03. The predicted octanol–water partition coefficient (Wildman–Crippen LogP) is 2.86. The van der Waals surface area contributed by atoms with Gasteiger partial charge in [-0.3, -0.25) is 4.79 Å². The number of aromatic nitrogens is 1. The van der Waals surface area contributed by atoms with Crippen molar-refractivity contribution in [2.24, 2.45) is 0 Å². The molecule has 1 rings (SSSR count). The van der Waals surface area contributed by atoms with Crippen molar-refractivity contribution in [1.29, 1.82) is 0 Å². The molecule has 5 heteroatoms. The Morgan fingerprint density at radius 3 is 2.71 bits per heavy atom. The molecule has 3 nitrogen and oxygen atoms in total. The number of pyridine rings is 1. The number of rotatable bonds is 2. The van der Waals surface area contributed by atoms with Gasteiger partial charge in [0.05, 0.1) is 5.41 Å². The van der Waals surface area contributed by atoms with Crippen molar-refractivity contribution < 1.29 is 9.90 Å². The van der Waals surface area contributed by atoms with Gasteiger partial charge in [-0.1, -0.05) is 11.6 Å². The van der Waals surface area contributed by atoms with Gasteiger partial charge in [-0.2, -0.15) is 0 Å². The summed E-state index contributed by atoms with van der Waals surface area (Å²) in [6.07, 6.45) is 1.53. The van der Waals surface area contributed by atoms with Crippen molar-refractivity contribution >= 4 is 33.5 Å². The van der Waals surface area contributed by atoms with Crippen LogP contribution in [0.2, 0.25) is 5.15 Å². The van der Waals surface area contributed by atoms with Crippen LogP contribution in [-0.4, -0.2) is 16.1 Å². The number of carbonyl (C=O) groups is 1. The van der Waals surface area contributed by atoms with Crippen LogP contribution in [0.15, 0.2) is 16.7 Å². The molecule has 1 N–H and O–H groups in total. The van der Waals surface area contributed by atoms with E-state index in [1.165, 1.54) is 6.20 Å². The lowest BCUT2D eigenvalue weighted by molar-refractivity contribution is -0.142. The summed E-state index contributed by atoms with van der Waals surface area (Å²) in [5.41, 5.74) is -0.533. The molecule has 1 heterocycles. The fraction of sp³-hybridized carbons (Fsp3) is 0.333. The summed E-state index contributed by atoms with van der Waals surface area (Å²) >= 11 is 9.05. The minimum Gasteiger partial charge on any atom is -0.481 e. The van der Waals surface area contributed by atoms with Crippen LogP contribution < -0.4 is 0 Å². The second-order valence-electron chi connectivity index (χ2n) is 3.42. The average Bonchev–Trinajstić information content (AvgIpc) is 2.08. The van der Waals surface area contributed by atoms with Crippen LogP contribution in [0.3, 0.4) is 0 Å². The van der Waals surface area contributed by atoms with E-state index in [0.717, 1.165) is 0 Å². The smallest absolute Gasteiger partial charge is 0.313 e. The van der Waals surface area contributed by atoms with Crippen LogP contribution in [0.4, 0.5) is 0 Å². The molecule has 0 radical (unpaired) electrons. The highest BCUT2D eigenvalue weighted by Crippen LogP contribution is 2.30. The number of nitrogens with zero attached hydrogens (tertiary/aromatic N) is 1. The van der Waals surface area contributed by atoms with Crippen LogP contribution in [0.1, 0.15) is 19.4 Å². The van der Waals surface area contributed by atoms with Crippen molar-refractivity contribution in [3.63, 3.8) is 0 Å². The van der Waals surface area contributed by atoms with E-state index in [4.69, 9.17) is 16.7 Å². The molecule has 0 amide bonds. The van der Waals surface area contributed by atoms with Gasteiger partial charge in [-0.25, -0.2) is 4.98 Å². The standard InChI is InChI=1S/C9H9BrClNO2/c1-9(2,8(13)14)6-3-5(10)4-12-7(6)11/h3-4H,1-2H3,(H,13,14). The van der Waals surface area contributed by atoms with E-state index < -0.39 is 11.4 Å². The van der Waals surface area contributed by atoms with E-state index in [9.17, 15) is 4.79 Å². The average molecular weight is 279 g/mol. The Hall–Kier alpha value is -0.610. The number of carboxylic acids is 1. The van der Waals surface area contributed by atoms with Crippen molar-refractivity contribution in [2.75, 3.05) is 0 Å². The number of halogens is 2. The maximum absolute atomic E-state index is 11.0. The highest BCUT2D eigenvalue weighted by molar-refractivity contribution is 9.10. The van der Waals surface area contributed by atoms with Crippen LogP contribution in [0.5, 0.6) is 0 Å². The molecule has 0 fully saturated rings. The van der Waals surface area contributed by atoms with Gasteiger partial charge in [0.25, 0.3) is 0 Å². The van der Waals surface area contributed by atoms with E-state index in [1.54, 1.807) is 19.9 Å². The normalized spacial score (nSPS) is 11.4. The molecular weight excluding hydrogens is 269 g/mol. The lowest BCUT2D eigenvalue weighted by atomic mass is 9.86. The van der Waals surface area contributed by atoms with Crippen molar-refractivity contribution in [1.82, 2.24) is 4.98 Å². The van der Waals surface area contributed by atoms with Gasteiger partial charge >= 0.3 is 5.97 Å². The minimum absolute atomic E-state index is 0.223. The van der Waals surface area contributed by atoms with Crippen molar-refractivity contribution in [3.8, 4) is 0 Å². The SMILES string of the molecule is CC(C)(C(=O)O)c1cc(Br)cnc1Cl. The van der Waals surface area contributed by atoms with Crippen molar-refractivity contribution in [3.05, 3.63) is 27.5 Å². The monoisotopic (exact) mass is 277 g/mol.